The second-order valence-electron chi connectivity index (χ2n) is 4.76. The number of fused-ring (bicyclic) bond motifs is 1. The van der Waals surface area contributed by atoms with Gasteiger partial charge in [-0.3, -0.25) is 0 Å². The molecule has 1 heterocycles. The Morgan fingerprint density at radius 2 is 1.41 bits per heavy atom. The summed E-state index contributed by atoms with van der Waals surface area (Å²) in [6.45, 7) is 0. The Bertz CT molecular complexity index is 933. The fraction of sp³-hybridized carbons (Fsp3) is 0. The molecule has 2 aromatic carbocycles. The van der Waals surface area contributed by atoms with Gasteiger partial charge in [-0.15, -0.1) is 0 Å². The van der Waals surface area contributed by atoms with Crippen LogP contribution in [-0.4, -0.2) is 4.98 Å². The zero-order valence-electron chi connectivity index (χ0n) is 11.5. The van der Waals surface area contributed by atoms with E-state index < -0.39 is 0 Å². The number of nitrogen functional groups attached to an aromatic ring is 2. The summed E-state index contributed by atoms with van der Waals surface area (Å²) in [7, 11) is 0. The van der Waals surface area contributed by atoms with Gasteiger partial charge in [0.2, 0.25) is 0 Å². The van der Waals surface area contributed by atoms with Crippen molar-refractivity contribution in [3.63, 3.8) is 0 Å². The number of nitriles is 2. The van der Waals surface area contributed by atoms with Crippen molar-refractivity contribution in [1.29, 1.82) is 10.5 Å². The summed E-state index contributed by atoms with van der Waals surface area (Å²) in [4.78, 5) is 3.89. The molecule has 0 atom stereocenters. The third kappa shape index (κ3) is 1.90. The number of rotatable bonds is 1. The summed E-state index contributed by atoms with van der Waals surface area (Å²) in [5.74, 6) is 0.0591. The van der Waals surface area contributed by atoms with Gasteiger partial charge in [0.15, 0.2) is 0 Å². The maximum atomic E-state index is 9.42. The Hall–Kier alpha value is -3.57. The van der Waals surface area contributed by atoms with Crippen molar-refractivity contribution >= 4 is 22.4 Å². The van der Waals surface area contributed by atoms with Crippen LogP contribution < -0.4 is 11.5 Å². The van der Waals surface area contributed by atoms with Crippen molar-refractivity contribution in [2.24, 2.45) is 0 Å². The van der Waals surface area contributed by atoms with E-state index in [0.717, 1.165) is 16.3 Å². The van der Waals surface area contributed by atoms with E-state index in [4.69, 9.17) is 11.5 Å². The summed E-state index contributed by atoms with van der Waals surface area (Å²) in [5.41, 5.74) is 13.1. The average Bonchev–Trinajstić information content (AvgIpc) is 2.54. The minimum Gasteiger partial charge on any atom is -0.383 e. The fourth-order valence-electron chi connectivity index (χ4n) is 2.56. The smallest absolute Gasteiger partial charge is 0.144 e. The van der Waals surface area contributed by atoms with Gasteiger partial charge in [-0.05, 0) is 16.3 Å². The lowest BCUT2D eigenvalue weighted by molar-refractivity contribution is 1.30. The first-order valence-corrected chi connectivity index (χ1v) is 6.54. The van der Waals surface area contributed by atoms with Crippen LogP contribution in [0, 0.1) is 22.7 Å². The van der Waals surface area contributed by atoms with Crippen LogP contribution in [0.1, 0.15) is 11.1 Å². The van der Waals surface area contributed by atoms with Crippen molar-refractivity contribution < 1.29 is 0 Å². The predicted molar refractivity (Wildman–Crippen MR) is 85.4 cm³/mol. The minimum absolute atomic E-state index is 0.0296. The molecule has 5 nitrogen and oxygen atoms in total. The predicted octanol–water partition coefficient (Wildman–Crippen LogP) is 2.81. The molecule has 0 aliphatic heterocycles. The molecule has 22 heavy (non-hydrogen) atoms. The molecule has 0 saturated carbocycles. The molecule has 0 radical (unpaired) electrons. The summed E-state index contributed by atoms with van der Waals surface area (Å²) < 4.78 is 0. The first-order valence-electron chi connectivity index (χ1n) is 6.54. The first-order chi connectivity index (χ1) is 10.7. The lowest BCUT2D eigenvalue weighted by Crippen LogP contribution is -2.05. The van der Waals surface area contributed by atoms with Crippen LogP contribution in [0.4, 0.5) is 11.6 Å². The number of nitrogens with zero attached hydrogens (tertiary/aromatic N) is 3. The Balaban J connectivity index is 2.51. The Kier molecular flexibility index (Phi) is 3.10. The zero-order valence-corrected chi connectivity index (χ0v) is 11.5. The number of pyridine rings is 1. The van der Waals surface area contributed by atoms with E-state index >= 15 is 0 Å². The highest BCUT2D eigenvalue weighted by Gasteiger charge is 2.20. The molecular formula is C17H11N5. The number of nitrogens with two attached hydrogens (primary N) is 2. The summed E-state index contributed by atoms with van der Waals surface area (Å²) in [6.07, 6.45) is 0. The molecule has 104 valence electrons. The maximum absolute atomic E-state index is 9.42. The standard InChI is InChI=1S/C17H11N5/c18-8-13-15(14(9-19)17(21)22-16(13)20)12-7-3-5-10-4-1-2-6-11(10)12/h1-7H,(H4,20,21,22). The van der Waals surface area contributed by atoms with E-state index in [-0.39, 0.29) is 22.8 Å². The van der Waals surface area contributed by atoms with Crippen molar-refractivity contribution in [2.45, 2.75) is 0 Å². The molecule has 0 fully saturated rings. The van der Waals surface area contributed by atoms with Gasteiger partial charge < -0.3 is 11.5 Å². The molecule has 0 aliphatic carbocycles. The quantitative estimate of drug-likeness (QED) is 0.713. The van der Waals surface area contributed by atoms with Crippen LogP contribution in [0.15, 0.2) is 42.5 Å². The molecule has 0 spiro atoms. The van der Waals surface area contributed by atoms with Gasteiger partial charge in [-0.25, -0.2) is 4.98 Å². The van der Waals surface area contributed by atoms with Crippen LogP contribution in [-0.2, 0) is 0 Å². The van der Waals surface area contributed by atoms with Gasteiger partial charge in [0, 0.05) is 5.56 Å². The number of hydrogen-bond acceptors (Lipinski definition) is 5. The van der Waals surface area contributed by atoms with E-state index in [1.807, 2.05) is 54.6 Å². The summed E-state index contributed by atoms with van der Waals surface area (Å²) in [5, 5.41) is 20.8. The third-order valence-corrected chi connectivity index (χ3v) is 3.54. The van der Waals surface area contributed by atoms with Gasteiger partial charge in [0.05, 0.1) is 0 Å². The lowest BCUT2D eigenvalue weighted by Gasteiger charge is -2.13. The molecule has 0 bridgehead atoms. The largest absolute Gasteiger partial charge is 0.383 e. The SMILES string of the molecule is N#Cc1c(N)nc(N)c(C#N)c1-c1cccc2ccccc12. The van der Waals surface area contributed by atoms with Crippen molar-refractivity contribution in [1.82, 2.24) is 4.98 Å². The van der Waals surface area contributed by atoms with Gasteiger partial charge in [-0.2, -0.15) is 10.5 Å². The Labute approximate surface area is 127 Å². The molecule has 0 unspecified atom stereocenters. The van der Waals surface area contributed by atoms with E-state index in [9.17, 15) is 10.5 Å². The molecule has 3 rings (SSSR count). The van der Waals surface area contributed by atoms with Crippen molar-refractivity contribution in [3.05, 3.63) is 53.6 Å². The Morgan fingerprint density at radius 1 is 0.818 bits per heavy atom. The lowest BCUT2D eigenvalue weighted by atomic mass is 9.92. The van der Waals surface area contributed by atoms with E-state index in [1.54, 1.807) is 0 Å². The molecule has 4 N–H and O–H groups in total. The van der Waals surface area contributed by atoms with E-state index in [1.165, 1.54) is 0 Å². The molecule has 1 aromatic heterocycles. The minimum atomic E-state index is 0.0296. The average molecular weight is 285 g/mol. The number of aromatic nitrogens is 1. The third-order valence-electron chi connectivity index (χ3n) is 3.54. The first kappa shape index (κ1) is 13.4. The topological polar surface area (TPSA) is 113 Å². The second kappa shape index (κ2) is 5.08. The van der Waals surface area contributed by atoms with Crippen molar-refractivity contribution in [3.8, 4) is 23.3 Å². The summed E-state index contributed by atoms with van der Waals surface area (Å²) >= 11 is 0. The van der Waals surface area contributed by atoms with Crippen LogP contribution in [0.3, 0.4) is 0 Å². The number of hydrogen-bond donors (Lipinski definition) is 2. The van der Waals surface area contributed by atoms with Crippen LogP contribution in [0.25, 0.3) is 21.9 Å². The van der Waals surface area contributed by atoms with E-state index in [0.29, 0.717) is 5.56 Å². The van der Waals surface area contributed by atoms with E-state index in [2.05, 4.69) is 4.98 Å². The molecule has 0 aliphatic rings. The molecule has 0 saturated heterocycles. The van der Waals surface area contributed by atoms with Crippen molar-refractivity contribution in [2.75, 3.05) is 11.5 Å². The highest BCUT2D eigenvalue weighted by molar-refractivity contribution is 6.00. The van der Waals surface area contributed by atoms with Gasteiger partial charge in [-0.1, -0.05) is 42.5 Å². The molecule has 5 heteroatoms. The van der Waals surface area contributed by atoms with Gasteiger partial charge in [0.1, 0.15) is 34.9 Å². The number of anilines is 2. The van der Waals surface area contributed by atoms with Crippen LogP contribution >= 0.6 is 0 Å². The summed E-state index contributed by atoms with van der Waals surface area (Å²) in [6, 6.07) is 17.5. The highest BCUT2D eigenvalue weighted by Crippen LogP contribution is 2.36. The number of benzene rings is 2. The van der Waals surface area contributed by atoms with Crippen LogP contribution in [0.2, 0.25) is 0 Å². The van der Waals surface area contributed by atoms with Gasteiger partial charge >= 0.3 is 0 Å². The molecule has 0 amide bonds. The maximum Gasteiger partial charge on any atom is 0.144 e. The second-order valence-corrected chi connectivity index (χ2v) is 4.76. The Morgan fingerprint density at radius 3 is 2.05 bits per heavy atom. The fourth-order valence-corrected chi connectivity index (χ4v) is 2.56. The molecule has 3 aromatic rings. The monoisotopic (exact) mass is 285 g/mol. The van der Waals surface area contributed by atoms with Gasteiger partial charge in [0.25, 0.3) is 0 Å². The van der Waals surface area contributed by atoms with Crippen LogP contribution in [0.5, 0.6) is 0 Å². The zero-order chi connectivity index (χ0) is 15.7. The molecular weight excluding hydrogens is 274 g/mol. The highest BCUT2D eigenvalue weighted by atomic mass is 14.9. The normalized spacial score (nSPS) is 10.1.